The topological polar surface area (TPSA) is 83.7 Å². The largest absolute Gasteiger partial charge is 0.342 e. The lowest BCUT2D eigenvalue weighted by molar-refractivity contribution is -0.139. The summed E-state index contributed by atoms with van der Waals surface area (Å²) in [6, 6.07) is 3.51. The standard InChI is InChI=1S/C19H26N6O2/c1-2-3-9-23-13-19(8-5-17(23)26)7-4-10-24(14-19)18(27)15-6-11-25-16(12-15)20-21-22-25/h6,11-12H,2-5,7-10,13-14H2,1H3/t19-/m0/s1. The van der Waals surface area contributed by atoms with E-state index in [-0.39, 0.29) is 17.2 Å². The number of pyridine rings is 1. The average Bonchev–Trinajstić information content (AvgIpc) is 3.16. The highest BCUT2D eigenvalue weighted by molar-refractivity contribution is 5.95. The number of carbonyl (C=O) groups is 2. The van der Waals surface area contributed by atoms with Crippen LogP contribution in [-0.4, -0.2) is 67.8 Å². The quantitative estimate of drug-likeness (QED) is 0.819. The van der Waals surface area contributed by atoms with Gasteiger partial charge in [0, 0.05) is 49.8 Å². The maximum Gasteiger partial charge on any atom is 0.254 e. The summed E-state index contributed by atoms with van der Waals surface area (Å²) in [5.74, 6) is 0.291. The first-order chi connectivity index (χ1) is 13.1. The van der Waals surface area contributed by atoms with Gasteiger partial charge < -0.3 is 9.80 Å². The van der Waals surface area contributed by atoms with Gasteiger partial charge in [-0.1, -0.05) is 13.3 Å². The molecule has 8 nitrogen and oxygen atoms in total. The Labute approximate surface area is 158 Å². The molecule has 0 saturated carbocycles. The van der Waals surface area contributed by atoms with E-state index in [1.807, 2.05) is 9.80 Å². The van der Waals surface area contributed by atoms with Gasteiger partial charge in [0.25, 0.3) is 5.91 Å². The van der Waals surface area contributed by atoms with E-state index in [0.29, 0.717) is 17.6 Å². The van der Waals surface area contributed by atoms with Crippen molar-refractivity contribution >= 4 is 17.5 Å². The number of tetrazole rings is 1. The highest BCUT2D eigenvalue weighted by Crippen LogP contribution is 2.39. The first kappa shape index (κ1) is 17.9. The van der Waals surface area contributed by atoms with Crippen LogP contribution in [0.3, 0.4) is 0 Å². The van der Waals surface area contributed by atoms with E-state index in [1.54, 1.807) is 22.8 Å². The number of carbonyl (C=O) groups excluding carboxylic acids is 2. The molecule has 2 aliphatic heterocycles. The normalized spacial score (nSPS) is 23.4. The fraction of sp³-hybridized carbons (Fsp3) is 0.632. The van der Waals surface area contributed by atoms with Crippen LogP contribution >= 0.6 is 0 Å². The van der Waals surface area contributed by atoms with E-state index in [4.69, 9.17) is 0 Å². The van der Waals surface area contributed by atoms with Gasteiger partial charge in [0.1, 0.15) is 0 Å². The third-order valence-electron chi connectivity index (χ3n) is 5.92. The molecule has 2 aromatic rings. The molecule has 0 N–H and O–H groups in total. The van der Waals surface area contributed by atoms with Gasteiger partial charge in [-0.15, -0.1) is 5.10 Å². The molecule has 4 rings (SSSR count). The molecule has 0 aliphatic carbocycles. The number of fused-ring (bicyclic) bond motifs is 1. The van der Waals surface area contributed by atoms with E-state index in [0.717, 1.165) is 58.3 Å². The Hall–Kier alpha value is -2.51. The Balaban J connectivity index is 1.49. The number of amides is 2. The molecule has 27 heavy (non-hydrogen) atoms. The van der Waals surface area contributed by atoms with Crippen LogP contribution in [0.4, 0.5) is 0 Å². The summed E-state index contributed by atoms with van der Waals surface area (Å²) >= 11 is 0. The summed E-state index contributed by atoms with van der Waals surface area (Å²) < 4.78 is 1.55. The van der Waals surface area contributed by atoms with Gasteiger partial charge >= 0.3 is 0 Å². The molecule has 0 radical (unpaired) electrons. The van der Waals surface area contributed by atoms with E-state index in [2.05, 4.69) is 22.4 Å². The third kappa shape index (κ3) is 3.52. The second-order valence-corrected chi connectivity index (χ2v) is 7.90. The molecule has 0 unspecified atom stereocenters. The van der Waals surface area contributed by atoms with Crippen LogP contribution < -0.4 is 0 Å². The molecule has 1 spiro atoms. The molecule has 8 heteroatoms. The summed E-state index contributed by atoms with van der Waals surface area (Å²) in [5.41, 5.74) is 1.22. The molecule has 2 fully saturated rings. The number of hydrogen-bond acceptors (Lipinski definition) is 5. The van der Waals surface area contributed by atoms with Gasteiger partial charge in [0.2, 0.25) is 5.91 Å². The number of piperidine rings is 2. The van der Waals surface area contributed by atoms with Gasteiger partial charge in [-0.05, 0) is 48.2 Å². The van der Waals surface area contributed by atoms with Crippen LogP contribution in [0.2, 0.25) is 0 Å². The minimum atomic E-state index is 0.0246. The summed E-state index contributed by atoms with van der Waals surface area (Å²) in [5, 5.41) is 11.4. The van der Waals surface area contributed by atoms with E-state index in [1.165, 1.54) is 0 Å². The number of aromatic nitrogens is 4. The summed E-state index contributed by atoms with van der Waals surface area (Å²) in [6.45, 7) is 5.24. The van der Waals surface area contributed by atoms with Crippen LogP contribution in [-0.2, 0) is 4.79 Å². The first-order valence-electron chi connectivity index (χ1n) is 9.85. The van der Waals surface area contributed by atoms with Crippen molar-refractivity contribution in [3.05, 3.63) is 23.9 Å². The Bertz CT molecular complexity index is 850. The second kappa shape index (κ2) is 7.25. The Morgan fingerprint density at radius 3 is 3.04 bits per heavy atom. The lowest BCUT2D eigenvalue weighted by atomic mass is 9.73. The predicted molar refractivity (Wildman–Crippen MR) is 99.1 cm³/mol. The van der Waals surface area contributed by atoms with Gasteiger partial charge in [0.05, 0.1) is 0 Å². The van der Waals surface area contributed by atoms with Crippen molar-refractivity contribution in [3.63, 3.8) is 0 Å². The SMILES string of the molecule is CCCCN1C[C@]2(CCCN(C(=O)c3ccn4nnnc4c3)C2)CCC1=O. The number of likely N-dealkylation sites (tertiary alicyclic amines) is 2. The molecule has 1 atom stereocenters. The molecule has 0 aromatic carbocycles. The van der Waals surface area contributed by atoms with E-state index < -0.39 is 0 Å². The number of rotatable bonds is 4. The molecule has 144 valence electrons. The van der Waals surface area contributed by atoms with Crippen LogP contribution in [0.5, 0.6) is 0 Å². The zero-order valence-corrected chi connectivity index (χ0v) is 15.8. The minimum absolute atomic E-state index is 0.0246. The Morgan fingerprint density at radius 1 is 1.30 bits per heavy atom. The number of hydrogen-bond donors (Lipinski definition) is 0. The molecular formula is C19H26N6O2. The van der Waals surface area contributed by atoms with Gasteiger partial charge in [0.15, 0.2) is 5.65 Å². The molecule has 2 saturated heterocycles. The van der Waals surface area contributed by atoms with Crippen LogP contribution in [0.25, 0.3) is 5.65 Å². The van der Waals surface area contributed by atoms with Crippen LogP contribution in [0.1, 0.15) is 55.8 Å². The minimum Gasteiger partial charge on any atom is -0.342 e. The maximum atomic E-state index is 13.1. The summed E-state index contributed by atoms with van der Waals surface area (Å²) in [4.78, 5) is 29.3. The molecule has 2 amide bonds. The molecule has 0 bridgehead atoms. The highest BCUT2D eigenvalue weighted by atomic mass is 16.2. The monoisotopic (exact) mass is 370 g/mol. The van der Waals surface area contributed by atoms with Crippen molar-refractivity contribution < 1.29 is 9.59 Å². The molecule has 2 aromatic heterocycles. The van der Waals surface area contributed by atoms with Crippen molar-refractivity contribution in [1.82, 2.24) is 29.8 Å². The van der Waals surface area contributed by atoms with Crippen molar-refractivity contribution in [2.75, 3.05) is 26.2 Å². The molecule has 4 heterocycles. The second-order valence-electron chi connectivity index (χ2n) is 7.90. The predicted octanol–water partition coefficient (Wildman–Crippen LogP) is 1.77. The van der Waals surface area contributed by atoms with Crippen LogP contribution in [0, 0.1) is 5.41 Å². The van der Waals surface area contributed by atoms with Crippen molar-refractivity contribution in [2.24, 2.45) is 5.41 Å². The van der Waals surface area contributed by atoms with E-state index in [9.17, 15) is 9.59 Å². The van der Waals surface area contributed by atoms with Crippen molar-refractivity contribution in [3.8, 4) is 0 Å². The number of unbranched alkanes of at least 4 members (excludes halogenated alkanes) is 1. The van der Waals surface area contributed by atoms with E-state index >= 15 is 0 Å². The fourth-order valence-electron chi connectivity index (χ4n) is 4.42. The van der Waals surface area contributed by atoms with Gasteiger partial charge in [-0.25, -0.2) is 4.52 Å². The smallest absolute Gasteiger partial charge is 0.254 e. The Morgan fingerprint density at radius 2 is 2.19 bits per heavy atom. The third-order valence-corrected chi connectivity index (χ3v) is 5.92. The Kier molecular flexibility index (Phi) is 4.80. The zero-order chi connectivity index (χ0) is 18.9. The molecular weight excluding hydrogens is 344 g/mol. The molecule has 2 aliphatic rings. The van der Waals surface area contributed by atoms with Crippen molar-refractivity contribution in [2.45, 2.75) is 45.4 Å². The van der Waals surface area contributed by atoms with Crippen LogP contribution in [0.15, 0.2) is 18.3 Å². The summed E-state index contributed by atoms with van der Waals surface area (Å²) in [6.07, 6.45) is 7.39. The summed E-state index contributed by atoms with van der Waals surface area (Å²) in [7, 11) is 0. The zero-order valence-electron chi connectivity index (χ0n) is 15.8. The lowest BCUT2D eigenvalue weighted by Crippen LogP contribution is -2.55. The van der Waals surface area contributed by atoms with Gasteiger partial charge in [-0.3, -0.25) is 9.59 Å². The highest BCUT2D eigenvalue weighted by Gasteiger charge is 2.42. The van der Waals surface area contributed by atoms with Crippen molar-refractivity contribution in [1.29, 1.82) is 0 Å². The average molecular weight is 370 g/mol. The number of nitrogens with zero attached hydrogens (tertiary/aromatic N) is 6. The fourth-order valence-corrected chi connectivity index (χ4v) is 4.42. The first-order valence-corrected chi connectivity index (χ1v) is 9.85. The van der Waals surface area contributed by atoms with Gasteiger partial charge in [-0.2, -0.15) is 0 Å². The maximum absolute atomic E-state index is 13.1. The lowest BCUT2D eigenvalue weighted by Gasteiger charge is -2.48.